The van der Waals surface area contributed by atoms with E-state index in [0.717, 1.165) is 10.1 Å². The number of amides is 1. The molecule has 0 bridgehead atoms. The van der Waals surface area contributed by atoms with Crippen molar-refractivity contribution >= 4 is 33.8 Å². The summed E-state index contributed by atoms with van der Waals surface area (Å²) in [6, 6.07) is 0. The molecule has 0 unspecified atom stereocenters. The topological polar surface area (TPSA) is 29.4 Å². The quantitative estimate of drug-likeness (QED) is 0.639. The third kappa shape index (κ3) is 3.25. The highest BCUT2D eigenvalue weighted by molar-refractivity contribution is 8.39. The van der Waals surface area contributed by atoms with E-state index in [4.69, 9.17) is 0 Å². The van der Waals surface area contributed by atoms with E-state index in [2.05, 4.69) is 4.99 Å². The van der Waals surface area contributed by atoms with Crippen molar-refractivity contribution in [3.63, 3.8) is 0 Å². The molecule has 1 heterocycles. The van der Waals surface area contributed by atoms with E-state index in [1.54, 1.807) is 0 Å². The molecule has 62 valence electrons. The van der Waals surface area contributed by atoms with Gasteiger partial charge in [-0.05, 0) is 6.42 Å². The van der Waals surface area contributed by atoms with Crippen LogP contribution >= 0.6 is 23.5 Å². The third-order valence-corrected chi connectivity index (χ3v) is 3.31. The first-order valence-corrected chi connectivity index (χ1v) is 5.23. The number of nitrogens with zero attached hydrogens (tertiary/aromatic N) is 1. The average Bonchev–Trinajstić information content (AvgIpc) is 2.37. The lowest BCUT2D eigenvalue weighted by atomic mass is 10.6. The molecule has 0 aromatic rings. The van der Waals surface area contributed by atoms with Crippen LogP contribution in [-0.2, 0) is 4.79 Å². The summed E-state index contributed by atoms with van der Waals surface area (Å²) in [4.78, 5) is 14.3. The zero-order valence-corrected chi connectivity index (χ0v) is 7.51. The van der Waals surface area contributed by atoms with E-state index in [-0.39, 0.29) is 12.6 Å². The van der Waals surface area contributed by atoms with Gasteiger partial charge in [0.15, 0.2) is 0 Å². The second kappa shape index (κ2) is 4.77. The van der Waals surface area contributed by atoms with Gasteiger partial charge in [0.1, 0.15) is 4.38 Å². The van der Waals surface area contributed by atoms with Gasteiger partial charge in [-0.15, -0.1) is 0 Å². The van der Waals surface area contributed by atoms with Crippen LogP contribution in [0, 0.1) is 0 Å². The van der Waals surface area contributed by atoms with Crippen LogP contribution in [0.3, 0.4) is 0 Å². The predicted molar refractivity (Wildman–Crippen MR) is 48.0 cm³/mol. The van der Waals surface area contributed by atoms with Crippen molar-refractivity contribution in [2.75, 3.05) is 18.2 Å². The minimum atomic E-state index is -0.293. The van der Waals surface area contributed by atoms with Crippen molar-refractivity contribution in [3.05, 3.63) is 0 Å². The lowest BCUT2D eigenvalue weighted by molar-refractivity contribution is -0.115. The molecule has 0 aromatic heterocycles. The number of carbonyl (C=O) groups excluding carboxylic acids is 1. The summed E-state index contributed by atoms with van der Waals surface area (Å²) >= 11 is 2.91. The Bertz CT molecular complexity index is 183. The highest BCUT2D eigenvalue weighted by atomic mass is 32.2. The van der Waals surface area contributed by atoms with Crippen molar-refractivity contribution in [2.45, 2.75) is 6.42 Å². The first-order valence-electron chi connectivity index (χ1n) is 3.26. The van der Waals surface area contributed by atoms with Crippen molar-refractivity contribution in [3.8, 4) is 0 Å². The summed E-state index contributed by atoms with van der Waals surface area (Å²) in [5.74, 6) is 1.10. The zero-order valence-electron chi connectivity index (χ0n) is 5.88. The van der Waals surface area contributed by atoms with Gasteiger partial charge in [0.2, 0.25) is 0 Å². The number of alkyl halides is 1. The van der Waals surface area contributed by atoms with Gasteiger partial charge >= 0.3 is 0 Å². The molecule has 0 spiro atoms. The molecular formula is C6H8FNOS2. The molecule has 0 radical (unpaired) electrons. The van der Waals surface area contributed by atoms with E-state index < -0.39 is 0 Å². The molecule has 1 aliphatic heterocycles. The highest BCUT2D eigenvalue weighted by Crippen LogP contribution is 2.23. The molecule has 0 fully saturated rings. The SMILES string of the molecule is O=C1CSC(SCCCF)=N1. The summed E-state index contributed by atoms with van der Waals surface area (Å²) in [6.45, 7) is -0.293. The lowest BCUT2D eigenvalue weighted by Crippen LogP contribution is -1.87. The Hall–Kier alpha value is -0.0300. The Labute approximate surface area is 73.0 Å². The second-order valence-electron chi connectivity index (χ2n) is 1.95. The Morgan fingerprint density at radius 1 is 1.73 bits per heavy atom. The first kappa shape index (κ1) is 9.06. The van der Waals surface area contributed by atoms with Crippen molar-refractivity contribution in [1.29, 1.82) is 0 Å². The Balaban J connectivity index is 2.17. The second-order valence-corrected chi connectivity index (χ2v) is 4.26. The van der Waals surface area contributed by atoms with Gasteiger partial charge in [-0.2, -0.15) is 4.99 Å². The number of thioether (sulfide) groups is 2. The molecule has 0 atom stereocenters. The molecule has 5 heteroatoms. The summed E-state index contributed by atoms with van der Waals surface area (Å²) in [5, 5.41) is 0. The van der Waals surface area contributed by atoms with Crippen LogP contribution in [0.1, 0.15) is 6.42 Å². The number of rotatable bonds is 3. The van der Waals surface area contributed by atoms with Crippen LogP contribution < -0.4 is 0 Å². The number of halogens is 1. The number of hydrogen-bond acceptors (Lipinski definition) is 3. The van der Waals surface area contributed by atoms with Crippen molar-refractivity contribution in [2.24, 2.45) is 4.99 Å². The average molecular weight is 193 g/mol. The van der Waals surface area contributed by atoms with Crippen LogP contribution in [0.15, 0.2) is 4.99 Å². The van der Waals surface area contributed by atoms with E-state index in [0.29, 0.717) is 12.2 Å². The monoisotopic (exact) mass is 193 g/mol. The van der Waals surface area contributed by atoms with Crippen LogP contribution in [0.25, 0.3) is 0 Å². The summed E-state index contributed by atoms with van der Waals surface area (Å²) < 4.78 is 12.4. The number of aliphatic imine (C=N–C) groups is 1. The molecule has 2 nitrogen and oxygen atoms in total. The molecule has 0 saturated heterocycles. The van der Waals surface area contributed by atoms with E-state index in [1.165, 1.54) is 23.5 Å². The van der Waals surface area contributed by atoms with Gasteiger partial charge in [0.25, 0.3) is 5.91 Å². The summed E-state index contributed by atoms with van der Waals surface area (Å²) in [5.41, 5.74) is 0. The fourth-order valence-corrected chi connectivity index (χ4v) is 2.41. The van der Waals surface area contributed by atoms with E-state index in [1.807, 2.05) is 0 Å². The van der Waals surface area contributed by atoms with Gasteiger partial charge in [-0.3, -0.25) is 9.18 Å². The smallest absolute Gasteiger partial charge is 0.257 e. The lowest BCUT2D eigenvalue weighted by Gasteiger charge is -1.94. The maximum Gasteiger partial charge on any atom is 0.257 e. The Morgan fingerprint density at radius 2 is 2.55 bits per heavy atom. The van der Waals surface area contributed by atoms with Crippen molar-refractivity contribution in [1.82, 2.24) is 0 Å². The van der Waals surface area contributed by atoms with Crippen LogP contribution in [-0.4, -0.2) is 28.5 Å². The molecule has 1 aliphatic rings. The number of carbonyl (C=O) groups is 1. The maximum absolute atomic E-state index is 11.6. The molecule has 0 aromatic carbocycles. The molecule has 11 heavy (non-hydrogen) atoms. The van der Waals surface area contributed by atoms with E-state index >= 15 is 0 Å². The van der Waals surface area contributed by atoms with Crippen molar-refractivity contribution < 1.29 is 9.18 Å². The summed E-state index contributed by atoms with van der Waals surface area (Å²) in [7, 11) is 0. The fraction of sp³-hybridized carbons (Fsp3) is 0.667. The molecule has 1 amide bonds. The van der Waals surface area contributed by atoms with Gasteiger partial charge in [-0.1, -0.05) is 23.5 Å². The van der Waals surface area contributed by atoms with Crippen LogP contribution in [0.2, 0.25) is 0 Å². The minimum Gasteiger partial charge on any atom is -0.272 e. The third-order valence-electron chi connectivity index (χ3n) is 1.04. The van der Waals surface area contributed by atoms with Gasteiger partial charge < -0.3 is 0 Å². The highest BCUT2D eigenvalue weighted by Gasteiger charge is 2.14. The Morgan fingerprint density at radius 3 is 3.09 bits per heavy atom. The molecule has 0 N–H and O–H groups in total. The zero-order chi connectivity index (χ0) is 8.10. The molecular weight excluding hydrogens is 185 g/mol. The fourth-order valence-electron chi connectivity index (χ4n) is 0.578. The molecule has 1 rings (SSSR count). The molecule has 0 saturated carbocycles. The Kier molecular flexibility index (Phi) is 3.93. The normalized spacial score (nSPS) is 17.2. The first-order chi connectivity index (χ1) is 5.33. The van der Waals surface area contributed by atoms with Gasteiger partial charge in [0.05, 0.1) is 12.4 Å². The van der Waals surface area contributed by atoms with Crippen LogP contribution in [0.4, 0.5) is 4.39 Å². The summed E-state index contributed by atoms with van der Waals surface area (Å²) in [6.07, 6.45) is 0.540. The predicted octanol–water partition coefficient (Wildman–Crippen LogP) is 1.71. The maximum atomic E-state index is 11.6. The minimum absolute atomic E-state index is 0.0715. The largest absolute Gasteiger partial charge is 0.272 e. The molecule has 0 aliphatic carbocycles. The van der Waals surface area contributed by atoms with Crippen LogP contribution in [0.5, 0.6) is 0 Å². The van der Waals surface area contributed by atoms with Gasteiger partial charge in [0, 0.05) is 5.75 Å². The van der Waals surface area contributed by atoms with Gasteiger partial charge in [-0.25, -0.2) is 0 Å². The van der Waals surface area contributed by atoms with E-state index in [9.17, 15) is 9.18 Å². The number of hydrogen-bond donors (Lipinski definition) is 0. The standard InChI is InChI=1S/C6H8FNOS2/c7-2-1-3-10-6-8-5(9)4-11-6/h1-4H2.